The first-order valence-electron chi connectivity index (χ1n) is 8.94. The third-order valence-electron chi connectivity index (χ3n) is 4.57. The number of carbonyl (C=O) groups is 1. The quantitative estimate of drug-likeness (QED) is 0.184. The Bertz CT molecular complexity index is 1100. The summed E-state index contributed by atoms with van der Waals surface area (Å²) in [5.74, 6) is 0.527. The van der Waals surface area contributed by atoms with Crippen molar-refractivity contribution in [3.63, 3.8) is 0 Å². The average molecular weight is 344 g/mol. The van der Waals surface area contributed by atoms with Crippen molar-refractivity contribution in [1.82, 2.24) is 0 Å². The largest absolute Gasteiger partial charge is 0.513 e. The summed E-state index contributed by atoms with van der Waals surface area (Å²) in [5, 5.41) is 6.63. The summed E-state index contributed by atoms with van der Waals surface area (Å²) in [6.45, 7) is 2.43. The second-order valence-electron chi connectivity index (χ2n) is 6.43. The molecule has 0 saturated carbocycles. The molecule has 3 heteroatoms. The molecule has 0 bridgehead atoms. The number of fused-ring (bicyclic) bond motifs is 3. The molecule has 0 N–H and O–H groups in total. The molecule has 0 aliphatic carbocycles. The fourth-order valence-corrected chi connectivity index (χ4v) is 3.20. The van der Waals surface area contributed by atoms with Crippen molar-refractivity contribution < 1.29 is 14.3 Å². The summed E-state index contributed by atoms with van der Waals surface area (Å²) in [7, 11) is 0. The van der Waals surface area contributed by atoms with Crippen LogP contribution in [0.2, 0.25) is 0 Å². The van der Waals surface area contributed by atoms with Crippen molar-refractivity contribution in [1.29, 1.82) is 0 Å². The lowest BCUT2D eigenvalue weighted by atomic mass is 9.99. The van der Waals surface area contributed by atoms with Crippen LogP contribution in [0.4, 0.5) is 4.79 Å². The number of hydrogen-bond donors (Lipinski definition) is 0. The van der Waals surface area contributed by atoms with E-state index in [1.807, 2.05) is 31.2 Å². The van der Waals surface area contributed by atoms with E-state index >= 15 is 0 Å². The van der Waals surface area contributed by atoms with Gasteiger partial charge in [0.25, 0.3) is 0 Å². The Labute approximate surface area is 152 Å². The van der Waals surface area contributed by atoms with Gasteiger partial charge in [-0.25, -0.2) is 4.79 Å². The standard InChI is InChI=1S/C23H20O3/c1-2-3-11-25-23(24)26-22-10-6-9-18-14-19-12-16-7-4-5-8-17(16)13-20(19)15-21(18)22/h4-10,12-15H,2-3,11H2,1H3. The molecule has 0 aliphatic heterocycles. The lowest BCUT2D eigenvalue weighted by Gasteiger charge is -2.10. The minimum Gasteiger partial charge on any atom is -0.434 e. The Morgan fingerprint density at radius 2 is 1.46 bits per heavy atom. The molecular weight excluding hydrogens is 324 g/mol. The zero-order valence-corrected chi connectivity index (χ0v) is 14.7. The van der Waals surface area contributed by atoms with Crippen molar-refractivity contribution >= 4 is 38.5 Å². The van der Waals surface area contributed by atoms with Crippen molar-refractivity contribution in [2.75, 3.05) is 6.61 Å². The second-order valence-corrected chi connectivity index (χ2v) is 6.43. The summed E-state index contributed by atoms with van der Waals surface area (Å²) >= 11 is 0. The Morgan fingerprint density at radius 3 is 2.19 bits per heavy atom. The maximum atomic E-state index is 11.9. The minimum atomic E-state index is -0.649. The number of hydrogen-bond acceptors (Lipinski definition) is 3. The number of unbranched alkanes of at least 4 members (excludes halogenated alkanes) is 1. The third-order valence-corrected chi connectivity index (χ3v) is 4.57. The molecule has 0 atom stereocenters. The van der Waals surface area contributed by atoms with Gasteiger partial charge in [0.1, 0.15) is 5.75 Å². The molecule has 0 aliphatic rings. The molecule has 0 fully saturated rings. The molecule has 26 heavy (non-hydrogen) atoms. The zero-order valence-electron chi connectivity index (χ0n) is 14.7. The first-order valence-corrected chi connectivity index (χ1v) is 8.94. The van der Waals surface area contributed by atoms with Crippen LogP contribution in [0.25, 0.3) is 32.3 Å². The van der Waals surface area contributed by atoms with E-state index in [0.29, 0.717) is 12.4 Å². The number of ether oxygens (including phenoxy) is 2. The average Bonchev–Trinajstić information content (AvgIpc) is 2.65. The first kappa shape index (κ1) is 16.4. The Morgan fingerprint density at radius 1 is 0.808 bits per heavy atom. The molecule has 4 aromatic rings. The maximum absolute atomic E-state index is 11.9. The molecule has 4 aromatic carbocycles. The van der Waals surface area contributed by atoms with Gasteiger partial charge >= 0.3 is 6.16 Å². The molecule has 0 aromatic heterocycles. The fourth-order valence-electron chi connectivity index (χ4n) is 3.20. The molecule has 130 valence electrons. The molecule has 4 rings (SSSR count). The number of rotatable bonds is 4. The van der Waals surface area contributed by atoms with Crippen LogP contribution in [0.5, 0.6) is 5.75 Å². The highest BCUT2D eigenvalue weighted by Gasteiger charge is 2.10. The van der Waals surface area contributed by atoms with E-state index in [1.54, 1.807) is 6.07 Å². The second kappa shape index (κ2) is 7.04. The predicted molar refractivity (Wildman–Crippen MR) is 106 cm³/mol. The molecule has 0 radical (unpaired) electrons. The van der Waals surface area contributed by atoms with Gasteiger partial charge in [-0.2, -0.15) is 0 Å². The summed E-state index contributed by atoms with van der Waals surface area (Å²) < 4.78 is 10.6. The monoisotopic (exact) mass is 344 g/mol. The minimum absolute atomic E-state index is 0.384. The highest BCUT2D eigenvalue weighted by atomic mass is 16.7. The topological polar surface area (TPSA) is 35.5 Å². The number of carbonyl (C=O) groups excluding carboxylic acids is 1. The van der Waals surface area contributed by atoms with Crippen LogP contribution in [-0.4, -0.2) is 12.8 Å². The van der Waals surface area contributed by atoms with Gasteiger partial charge in [0.15, 0.2) is 0 Å². The van der Waals surface area contributed by atoms with Crippen LogP contribution in [0.1, 0.15) is 19.8 Å². The lowest BCUT2D eigenvalue weighted by Crippen LogP contribution is -2.11. The Kier molecular flexibility index (Phi) is 4.44. The van der Waals surface area contributed by atoms with E-state index in [2.05, 4.69) is 36.4 Å². The summed E-state index contributed by atoms with van der Waals surface area (Å²) in [4.78, 5) is 11.9. The third kappa shape index (κ3) is 3.21. The van der Waals surface area contributed by atoms with Crippen LogP contribution in [0.15, 0.2) is 66.7 Å². The van der Waals surface area contributed by atoms with Crippen LogP contribution in [-0.2, 0) is 4.74 Å². The van der Waals surface area contributed by atoms with Gasteiger partial charge in [-0.1, -0.05) is 49.7 Å². The van der Waals surface area contributed by atoms with E-state index in [0.717, 1.165) is 29.0 Å². The van der Waals surface area contributed by atoms with Gasteiger partial charge in [-0.3, -0.25) is 0 Å². The van der Waals surface area contributed by atoms with Crippen LogP contribution < -0.4 is 4.74 Å². The normalized spacial score (nSPS) is 11.1. The Hall–Kier alpha value is -3.07. The van der Waals surface area contributed by atoms with E-state index < -0.39 is 6.16 Å². The maximum Gasteiger partial charge on any atom is 0.513 e. The molecular formula is C23H20O3. The lowest BCUT2D eigenvalue weighted by molar-refractivity contribution is 0.0983. The van der Waals surface area contributed by atoms with Crippen molar-refractivity contribution in [3.05, 3.63) is 66.7 Å². The highest BCUT2D eigenvalue weighted by molar-refractivity contribution is 6.06. The van der Waals surface area contributed by atoms with E-state index in [9.17, 15) is 4.79 Å². The van der Waals surface area contributed by atoms with Gasteiger partial charge in [0.05, 0.1) is 6.61 Å². The van der Waals surface area contributed by atoms with Crippen LogP contribution >= 0.6 is 0 Å². The van der Waals surface area contributed by atoms with Crippen molar-refractivity contribution in [3.8, 4) is 5.75 Å². The molecule has 0 heterocycles. The molecule has 0 saturated heterocycles. The zero-order chi connectivity index (χ0) is 17.9. The molecule has 0 spiro atoms. The van der Waals surface area contributed by atoms with Gasteiger partial charge in [0.2, 0.25) is 0 Å². The molecule has 0 unspecified atom stereocenters. The van der Waals surface area contributed by atoms with Gasteiger partial charge in [-0.15, -0.1) is 0 Å². The summed E-state index contributed by atoms with van der Waals surface area (Å²) in [6, 6.07) is 22.6. The van der Waals surface area contributed by atoms with Crippen LogP contribution in [0.3, 0.4) is 0 Å². The smallest absolute Gasteiger partial charge is 0.434 e. The summed E-state index contributed by atoms with van der Waals surface area (Å²) in [6.07, 6.45) is 1.16. The SMILES string of the molecule is CCCCOC(=O)Oc1cccc2cc3cc4ccccc4cc3cc12. The van der Waals surface area contributed by atoms with Gasteiger partial charge in [-0.05, 0) is 63.7 Å². The Balaban J connectivity index is 1.75. The van der Waals surface area contributed by atoms with E-state index in [4.69, 9.17) is 9.47 Å². The van der Waals surface area contributed by atoms with E-state index in [-0.39, 0.29) is 0 Å². The van der Waals surface area contributed by atoms with Crippen molar-refractivity contribution in [2.24, 2.45) is 0 Å². The van der Waals surface area contributed by atoms with Crippen molar-refractivity contribution in [2.45, 2.75) is 19.8 Å². The summed E-state index contributed by atoms with van der Waals surface area (Å²) in [5.41, 5.74) is 0. The molecule has 3 nitrogen and oxygen atoms in total. The van der Waals surface area contributed by atoms with Gasteiger partial charge in [0, 0.05) is 5.39 Å². The first-order chi connectivity index (χ1) is 12.7. The number of benzene rings is 4. The van der Waals surface area contributed by atoms with Gasteiger partial charge < -0.3 is 9.47 Å². The highest BCUT2D eigenvalue weighted by Crippen LogP contribution is 2.32. The van der Waals surface area contributed by atoms with E-state index in [1.165, 1.54) is 16.2 Å². The fraction of sp³-hybridized carbons (Fsp3) is 0.174. The van der Waals surface area contributed by atoms with Crippen LogP contribution in [0, 0.1) is 0 Å². The molecule has 0 amide bonds. The predicted octanol–water partition coefficient (Wildman–Crippen LogP) is 6.46.